The van der Waals surface area contributed by atoms with Gasteiger partial charge in [-0.25, -0.2) is 13.4 Å². The Hall–Kier alpha value is -3.04. The highest BCUT2D eigenvalue weighted by Crippen LogP contribution is 2.43. The monoisotopic (exact) mass is 581 g/mol. The first-order valence-electron chi connectivity index (χ1n) is 13.7. The molecular formula is C31H35NO6S2. The lowest BCUT2D eigenvalue weighted by atomic mass is 9.90. The first-order valence-corrected chi connectivity index (χ1v) is 16.5. The predicted molar refractivity (Wildman–Crippen MR) is 157 cm³/mol. The van der Waals surface area contributed by atoms with Crippen molar-refractivity contribution in [1.29, 1.82) is 0 Å². The third kappa shape index (κ3) is 6.47. The van der Waals surface area contributed by atoms with E-state index in [1.165, 1.54) is 43.8 Å². The molecule has 0 saturated carbocycles. The molecule has 6 rings (SSSR count). The van der Waals surface area contributed by atoms with Crippen LogP contribution in [0.2, 0.25) is 0 Å². The van der Waals surface area contributed by atoms with Crippen molar-refractivity contribution in [2.75, 3.05) is 17.3 Å². The van der Waals surface area contributed by atoms with Gasteiger partial charge >= 0.3 is 0 Å². The Morgan fingerprint density at radius 2 is 1.73 bits per heavy atom. The van der Waals surface area contributed by atoms with E-state index in [1.807, 2.05) is 18.0 Å². The normalized spacial score (nSPS) is 19.2. The molecule has 1 saturated heterocycles. The summed E-state index contributed by atoms with van der Waals surface area (Å²) in [5, 5.41) is 7.42. The number of carboxylic acids is 1. The third-order valence-electron chi connectivity index (χ3n) is 7.61. The van der Waals surface area contributed by atoms with Crippen molar-refractivity contribution in [3.05, 3.63) is 70.4 Å². The second kappa shape index (κ2) is 11.8. The fraction of sp³-hybridized carbons (Fsp3) is 0.419. The maximum absolute atomic E-state index is 11.8. The highest BCUT2D eigenvalue weighted by molar-refractivity contribution is 7.99. The summed E-state index contributed by atoms with van der Waals surface area (Å²) < 4.78 is 36.1. The van der Waals surface area contributed by atoms with Gasteiger partial charge in [0.05, 0.1) is 11.5 Å². The van der Waals surface area contributed by atoms with E-state index in [9.17, 15) is 8.42 Å². The third-order valence-corrected chi connectivity index (χ3v) is 10.4. The van der Waals surface area contributed by atoms with Crippen LogP contribution in [-0.4, -0.2) is 47.8 Å². The highest BCUT2D eigenvalue weighted by atomic mass is 32.2. The highest BCUT2D eigenvalue weighted by Gasteiger charge is 2.29. The molecule has 0 bridgehead atoms. The summed E-state index contributed by atoms with van der Waals surface area (Å²) in [6, 6.07) is 12.8. The summed E-state index contributed by atoms with van der Waals surface area (Å²) in [6.45, 7) is 5.35. The van der Waals surface area contributed by atoms with E-state index >= 15 is 0 Å². The van der Waals surface area contributed by atoms with Crippen molar-refractivity contribution in [2.24, 2.45) is 0 Å². The van der Waals surface area contributed by atoms with Crippen LogP contribution < -0.4 is 9.47 Å². The number of benzene rings is 2. The second-order valence-electron chi connectivity index (χ2n) is 10.7. The van der Waals surface area contributed by atoms with E-state index in [-0.39, 0.29) is 23.7 Å². The van der Waals surface area contributed by atoms with Gasteiger partial charge in [-0.2, -0.15) is 0 Å². The van der Waals surface area contributed by atoms with E-state index in [0.29, 0.717) is 12.8 Å². The van der Waals surface area contributed by atoms with E-state index in [2.05, 4.69) is 55.2 Å². The smallest absolute Gasteiger partial charge is 0.300 e. The molecule has 3 heterocycles. The summed E-state index contributed by atoms with van der Waals surface area (Å²) in [5.74, 6) is 2.27. The molecule has 0 spiro atoms. The van der Waals surface area contributed by atoms with Gasteiger partial charge in [-0.1, -0.05) is 18.2 Å². The van der Waals surface area contributed by atoms with Crippen molar-refractivity contribution in [2.45, 2.75) is 70.0 Å². The Morgan fingerprint density at radius 3 is 2.42 bits per heavy atom. The van der Waals surface area contributed by atoms with Gasteiger partial charge in [0.15, 0.2) is 9.84 Å². The predicted octanol–water partition coefficient (Wildman–Crippen LogP) is 6.13. The van der Waals surface area contributed by atoms with Gasteiger partial charge in [0, 0.05) is 29.8 Å². The van der Waals surface area contributed by atoms with Crippen molar-refractivity contribution in [1.82, 2.24) is 4.98 Å². The number of aromatic nitrogens is 1. The molecule has 40 heavy (non-hydrogen) atoms. The van der Waals surface area contributed by atoms with Crippen LogP contribution in [0, 0.1) is 13.8 Å². The number of carboxylic acid groups (broad SMARTS) is 1. The minimum atomic E-state index is -2.90. The summed E-state index contributed by atoms with van der Waals surface area (Å²) in [5.41, 5.74) is 8.79. The largest absolute Gasteiger partial charge is 0.490 e. The fourth-order valence-electron chi connectivity index (χ4n) is 5.82. The van der Waals surface area contributed by atoms with Crippen LogP contribution in [0.4, 0.5) is 0 Å². The van der Waals surface area contributed by atoms with Gasteiger partial charge in [0.2, 0.25) is 5.88 Å². The molecule has 9 heteroatoms. The van der Waals surface area contributed by atoms with Gasteiger partial charge in [0.1, 0.15) is 18.0 Å². The van der Waals surface area contributed by atoms with Crippen LogP contribution in [0.5, 0.6) is 11.6 Å². The molecule has 1 fully saturated rings. The van der Waals surface area contributed by atoms with E-state index in [4.69, 9.17) is 19.4 Å². The molecule has 2 aliphatic heterocycles. The molecule has 0 amide bonds. The van der Waals surface area contributed by atoms with Gasteiger partial charge in [0.25, 0.3) is 5.97 Å². The van der Waals surface area contributed by atoms with Gasteiger partial charge in [-0.3, -0.25) is 4.79 Å². The van der Waals surface area contributed by atoms with Crippen LogP contribution >= 0.6 is 11.8 Å². The number of hydrogen-bond donors (Lipinski definition) is 1. The van der Waals surface area contributed by atoms with E-state index in [0.717, 1.165) is 43.6 Å². The summed E-state index contributed by atoms with van der Waals surface area (Å²) >= 11 is 1.88. The molecule has 1 unspecified atom stereocenters. The molecule has 1 aliphatic carbocycles. The summed E-state index contributed by atoms with van der Waals surface area (Å²) in [6.07, 6.45) is 6.09. The number of aryl methyl sites for hydroxylation is 3. The molecule has 2 aromatic carbocycles. The van der Waals surface area contributed by atoms with Crippen molar-refractivity contribution in [3.63, 3.8) is 0 Å². The van der Waals surface area contributed by atoms with Crippen LogP contribution in [0.1, 0.15) is 60.1 Å². The summed E-state index contributed by atoms with van der Waals surface area (Å²) in [7, 11) is -2.90. The topological polar surface area (TPSA) is 103 Å². The van der Waals surface area contributed by atoms with E-state index < -0.39 is 15.8 Å². The Morgan fingerprint density at radius 1 is 1.02 bits per heavy atom. The fourth-order valence-corrected chi connectivity index (χ4v) is 8.33. The molecule has 0 radical (unpaired) electrons. The molecule has 212 valence electrons. The molecule has 1 aromatic heterocycles. The Labute approximate surface area is 240 Å². The molecule has 3 aromatic rings. The average Bonchev–Trinajstić information content (AvgIpc) is 3.52. The zero-order valence-corrected chi connectivity index (χ0v) is 24.7. The number of sulfone groups is 1. The molecule has 7 nitrogen and oxygen atoms in total. The number of nitrogens with zero attached hydrogens (tertiary/aromatic N) is 1. The number of hydrogen-bond acceptors (Lipinski definition) is 7. The van der Waals surface area contributed by atoms with Gasteiger partial charge in [-0.15, -0.1) is 11.8 Å². The number of carbonyl (C=O) groups is 1. The van der Waals surface area contributed by atoms with Crippen LogP contribution in [-0.2, 0) is 27.5 Å². The molecular weight excluding hydrogens is 546 g/mol. The Balaban J connectivity index is 0.000000758. The number of pyridine rings is 1. The Bertz CT molecular complexity index is 1490. The van der Waals surface area contributed by atoms with Gasteiger partial charge < -0.3 is 14.6 Å². The standard InChI is InChI=1S/C29H31NO4S2.C2H4O2/c1-18-14-22(33-21-9-12-36(31,32)13-10-21)15-19(2)29(18)25-5-3-4-24-23(25)6-7-26(24)34-28-16-27-20(17-30-28)8-11-35-27;1-2(3)4/h3-5,14-17,21,26H,6-13H2,1-2H3;1H3,(H,3,4). The minimum absolute atomic E-state index is 0.0164. The van der Waals surface area contributed by atoms with Crippen molar-refractivity contribution in [3.8, 4) is 22.8 Å². The average molecular weight is 582 g/mol. The van der Waals surface area contributed by atoms with Crippen LogP contribution in [0.15, 0.2) is 47.5 Å². The number of aliphatic carboxylic acids is 1. The minimum Gasteiger partial charge on any atom is -0.490 e. The zero-order chi connectivity index (χ0) is 28.4. The van der Waals surface area contributed by atoms with E-state index in [1.54, 1.807) is 0 Å². The lowest BCUT2D eigenvalue weighted by Gasteiger charge is -2.24. The first-order chi connectivity index (χ1) is 19.1. The van der Waals surface area contributed by atoms with Gasteiger partial charge in [-0.05, 0) is 97.0 Å². The molecule has 1 atom stereocenters. The number of thioether (sulfide) groups is 1. The lowest BCUT2D eigenvalue weighted by molar-refractivity contribution is -0.134. The number of fused-ring (bicyclic) bond motifs is 2. The number of rotatable bonds is 5. The maximum atomic E-state index is 11.8. The first kappa shape index (κ1) is 28.5. The van der Waals surface area contributed by atoms with Crippen molar-refractivity contribution >= 4 is 27.6 Å². The van der Waals surface area contributed by atoms with Crippen LogP contribution in [0.25, 0.3) is 11.1 Å². The van der Waals surface area contributed by atoms with Crippen molar-refractivity contribution < 1.29 is 27.8 Å². The quantitative estimate of drug-likeness (QED) is 0.384. The Kier molecular flexibility index (Phi) is 8.42. The second-order valence-corrected chi connectivity index (χ2v) is 14.1. The zero-order valence-electron chi connectivity index (χ0n) is 23.1. The molecule has 1 N–H and O–H groups in total. The number of ether oxygens (including phenoxy) is 2. The maximum Gasteiger partial charge on any atom is 0.300 e. The lowest BCUT2D eigenvalue weighted by Crippen LogP contribution is -2.30. The SMILES string of the molecule is CC(=O)O.Cc1cc(OC2CCS(=O)(=O)CC2)cc(C)c1-c1cccc2c1CCC2Oc1cc2c(cn1)CCS2. The molecule has 3 aliphatic rings. The van der Waals surface area contributed by atoms with Crippen LogP contribution in [0.3, 0.4) is 0 Å². The summed E-state index contributed by atoms with van der Waals surface area (Å²) in [4.78, 5) is 14.9.